The van der Waals surface area contributed by atoms with Crippen LogP contribution in [0.5, 0.6) is 0 Å². The summed E-state index contributed by atoms with van der Waals surface area (Å²) in [5, 5.41) is 0. The van der Waals surface area contributed by atoms with Gasteiger partial charge in [0.2, 0.25) is 0 Å². The number of benzene rings is 1. The van der Waals surface area contributed by atoms with Crippen LogP contribution in [0.15, 0.2) is 28.7 Å². The Labute approximate surface area is 118 Å². The molecule has 2 atom stereocenters. The molecule has 1 fully saturated rings. The fourth-order valence-electron chi connectivity index (χ4n) is 2.61. The lowest BCUT2D eigenvalue weighted by Gasteiger charge is -2.38. The van der Waals surface area contributed by atoms with Crippen molar-refractivity contribution in [1.29, 1.82) is 0 Å². The number of halogens is 4. The van der Waals surface area contributed by atoms with Gasteiger partial charge in [0.15, 0.2) is 0 Å². The van der Waals surface area contributed by atoms with Crippen molar-refractivity contribution in [3.8, 4) is 0 Å². The lowest BCUT2D eigenvalue weighted by atomic mass is 9.91. The fourth-order valence-corrected chi connectivity index (χ4v) is 2.99. The minimum absolute atomic E-state index is 0.208. The quantitative estimate of drug-likeness (QED) is 0.894. The average molecular weight is 337 g/mol. The lowest BCUT2D eigenvalue weighted by molar-refractivity contribution is -0.145. The predicted molar refractivity (Wildman–Crippen MR) is 73.1 cm³/mol. The highest BCUT2D eigenvalue weighted by molar-refractivity contribution is 9.10. The van der Waals surface area contributed by atoms with E-state index in [1.807, 2.05) is 29.2 Å². The summed E-state index contributed by atoms with van der Waals surface area (Å²) in [6.07, 6.45) is -4.44. The Balaban J connectivity index is 2.09. The van der Waals surface area contributed by atoms with Gasteiger partial charge in [-0.15, -0.1) is 0 Å². The van der Waals surface area contributed by atoms with Crippen LogP contribution in [0.1, 0.15) is 12.8 Å². The van der Waals surface area contributed by atoms with E-state index in [4.69, 9.17) is 5.73 Å². The lowest BCUT2D eigenvalue weighted by Crippen LogP contribution is -2.48. The van der Waals surface area contributed by atoms with Crippen molar-refractivity contribution in [3.05, 3.63) is 28.7 Å². The van der Waals surface area contributed by atoms with Crippen LogP contribution in [0.4, 0.5) is 18.9 Å². The SMILES string of the molecule is NC1CC(CC(F)(F)F)CN(c2cccc(Br)c2)C1. The molecule has 2 N–H and O–H groups in total. The van der Waals surface area contributed by atoms with E-state index in [9.17, 15) is 13.2 Å². The number of alkyl halides is 3. The molecular formula is C13H16BrF3N2. The molecule has 1 aromatic carbocycles. The van der Waals surface area contributed by atoms with Crippen LogP contribution in [-0.2, 0) is 0 Å². The van der Waals surface area contributed by atoms with Gasteiger partial charge in [0.05, 0.1) is 0 Å². The van der Waals surface area contributed by atoms with Crippen molar-refractivity contribution >= 4 is 21.6 Å². The molecule has 6 heteroatoms. The van der Waals surface area contributed by atoms with Crippen molar-refractivity contribution in [3.63, 3.8) is 0 Å². The molecule has 0 aliphatic carbocycles. The van der Waals surface area contributed by atoms with Crippen LogP contribution in [-0.4, -0.2) is 25.3 Å². The molecule has 0 bridgehead atoms. The molecule has 1 aliphatic heterocycles. The largest absolute Gasteiger partial charge is 0.389 e. The highest BCUT2D eigenvalue weighted by Crippen LogP contribution is 2.32. The predicted octanol–water partition coefficient (Wildman–Crippen LogP) is 3.56. The van der Waals surface area contributed by atoms with Crippen LogP contribution in [0.3, 0.4) is 0 Å². The highest BCUT2D eigenvalue weighted by Gasteiger charge is 2.35. The highest BCUT2D eigenvalue weighted by atomic mass is 79.9. The second-order valence-electron chi connectivity index (χ2n) is 5.07. The first-order valence-corrected chi connectivity index (χ1v) is 6.95. The number of hydrogen-bond acceptors (Lipinski definition) is 2. The van der Waals surface area contributed by atoms with Crippen molar-refractivity contribution in [1.82, 2.24) is 0 Å². The molecule has 1 saturated heterocycles. The van der Waals surface area contributed by atoms with Crippen molar-refractivity contribution in [2.75, 3.05) is 18.0 Å². The monoisotopic (exact) mass is 336 g/mol. The number of nitrogens with two attached hydrogens (primary N) is 1. The molecule has 1 aliphatic rings. The number of anilines is 1. The van der Waals surface area contributed by atoms with Gasteiger partial charge in [0.1, 0.15) is 0 Å². The van der Waals surface area contributed by atoms with E-state index in [0.29, 0.717) is 19.5 Å². The molecule has 2 unspecified atom stereocenters. The Kier molecular flexibility index (Phi) is 4.40. The van der Waals surface area contributed by atoms with E-state index in [1.165, 1.54) is 0 Å². The Morgan fingerprint density at radius 1 is 1.32 bits per heavy atom. The number of nitrogens with zero attached hydrogens (tertiary/aromatic N) is 1. The first-order chi connectivity index (χ1) is 8.83. The Hall–Kier alpha value is -0.750. The maximum absolute atomic E-state index is 12.5. The number of piperidine rings is 1. The van der Waals surface area contributed by atoms with E-state index in [0.717, 1.165) is 10.2 Å². The van der Waals surface area contributed by atoms with Gasteiger partial charge < -0.3 is 10.6 Å². The fraction of sp³-hybridized carbons (Fsp3) is 0.538. The van der Waals surface area contributed by atoms with E-state index >= 15 is 0 Å². The molecular weight excluding hydrogens is 321 g/mol. The summed E-state index contributed by atoms with van der Waals surface area (Å²) in [5.74, 6) is -0.428. The normalized spacial score (nSPS) is 24.6. The summed E-state index contributed by atoms with van der Waals surface area (Å²) in [4.78, 5) is 1.94. The molecule has 0 radical (unpaired) electrons. The van der Waals surface area contributed by atoms with Crippen LogP contribution >= 0.6 is 15.9 Å². The molecule has 19 heavy (non-hydrogen) atoms. The molecule has 1 aromatic rings. The molecule has 0 spiro atoms. The third-order valence-electron chi connectivity index (χ3n) is 3.26. The van der Waals surface area contributed by atoms with Crippen molar-refractivity contribution in [2.45, 2.75) is 25.1 Å². The Morgan fingerprint density at radius 3 is 2.68 bits per heavy atom. The zero-order chi connectivity index (χ0) is 14.0. The summed E-state index contributed by atoms with van der Waals surface area (Å²) in [5.41, 5.74) is 6.80. The van der Waals surface area contributed by atoms with Gasteiger partial charge in [-0.25, -0.2) is 0 Å². The maximum atomic E-state index is 12.5. The van der Waals surface area contributed by atoms with E-state index < -0.39 is 18.5 Å². The minimum Gasteiger partial charge on any atom is -0.370 e. The Bertz CT molecular complexity index is 436. The molecule has 0 amide bonds. The van der Waals surface area contributed by atoms with E-state index in [-0.39, 0.29) is 6.04 Å². The second-order valence-corrected chi connectivity index (χ2v) is 5.98. The molecule has 106 valence electrons. The number of hydrogen-bond donors (Lipinski definition) is 1. The molecule has 0 aromatic heterocycles. The van der Waals surface area contributed by atoms with Gasteiger partial charge in [0, 0.05) is 35.7 Å². The molecule has 2 rings (SSSR count). The molecule has 1 heterocycles. The van der Waals surface area contributed by atoms with Crippen LogP contribution in [0.2, 0.25) is 0 Å². The third-order valence-corrected chi connectivity index (χ3v) is 3.76. The standard InChI is InChI=1S/C13H16BrF3N2/c14-10-2-1-3-12(5-10)19-7-9(4-11(18)8-19)6-13(15,16)17/h1-3,5,9,11H,4,6-8,18H2. The smallest absolute Gasteiger partial charge is 0.370 e. The van der Waals surface area contributed by atoms with Crippen molar-refractivity contribution in [2.24, 2.45) is 11.7 Å². The van der Waals surface area contributed by atoms with Crippen LogP contribution in [0.25, 0.3) is 0 Å². The van der Waals surface area contributed by atoms with Crippen LogP contribution < -0.4 is 10.6 Å². The van der Waals surface area contributed by atoms with Gasteiger partial charge in [-0.05, 0) is 30.5 Å². The second kappa shape index (κ2) is 5.71. The van der Waals surface area contributed by atoms with Gasteiger partial charge >= 0.3 is 6.18 Å². The number of rotatable bonds is 2. The molecule has 0 saturated carbocycles. The third kappa shape index (κ3) is 4.38. The van der Waals surface area contributed by atoms with Gasteiger partial charge in [0.25, 0.3) is 0 Å². The van der Waals surface area contributed by atoms with E-state index in [2.05, 4.69) is 15.9 Å². The zero-order valence-electron chi connectivity index (χ0n) is 10.3. The Morgan fingerprint density at radius 2 is 2.05 bits per heavy atom. The average Bonchev–Trinajstić information content (AvgIpc) is 2.25. The maximum Gasteiger partial charge on any atom is 0.389 e. The molecule has 2 nitrogen and oxygen atoms in total. The van der Waals surface area contributed by atoms with E-state index in [1.54, 1.807) is 0 Å². The first kappa shape index (κ1) is 14.7. The van der Waals surface area contributed by atoms with Crippen LogP contribution in [0, 0.1) is 5.92 Å². The summed E-state index contributed by atoms with van der Waals surface area (Å²) in [7, 11) is 0. The minimum atomic E-state index is -4.12. The zero-order valence-corrected chi connectivity index (χ0v) is 11.9. The topological polar surface area (TPSA) is 29.3 Å². The first-order valence-electron chi connectivity index (χ1n) is 6.16. The van der Waals surface area contributed by atoms with Crippen molar-refractivity contribution < 1.29 is 13.2 Å². The van der Waals surface area contributed by atoms with Gasteiger partial charge in [-0.3, -0.25) is 0 Å². The summed E-state index contributed by atoms with van der Waals surface area (Å²) < 4.78 is 38.4. The van der Waals surface area contributed by atoms with Gasteiger partial charge in [-0.1, -0.05) is 22.0 Å². The summed E-state index contributed by atoms with van der Waals surface area (Å²) in [6.45, 7) is 1.01. The summed E-state index contributed by atoms with van der Waals surface area (Å²) in [6, 6.07) is 7.36. The summed E-state index contributed by atoms with van der Waals surface area (Å²) >= 11 is 3.37. The van der Waals surface area contributed by atoms with Gasteiger partial charge in [-0.2, -0.15) is 13.2 Å².